The maximum Gasteiger partial charge on any atom is 0.362 e. The van der Waals surface area contributed by atoms with Gasteiger partial charge in [0.05, 0.1) is 13.7 Å². The molecule has 0 amide bonds. The molecule has 1 N–H and O–H groups in total. The van der Waals surface area contributed by atoms with E-state index in [2.05, 4.69) is 20.3 Å². The molecule has 2 aromatic carbocycles. The Hall–Kier alpha value is -4.27. The zero-order chi connectivity index (χ0) is 20.9. The minimum Gasteiger partial charge on any atom is -0.497 e. The highest BCUT2D eigenvalue weighted by Gasteiger charge is 2.21. The van der Waals surface area contributed by atoms with Crippen molar-refractivity contribution in [2.75, 3.05) is 7.11 Å². The van der Waals surface area contributed by atoms with E-state index in [-0.39, 0.29) is 11.6 Å². The summed E-state index contributed by atoms with van der Waals surface area (Å²) in [7, 11) is 1.59. The van der Waals surface area contributed by atoms with Crippen LogP contribution in [0.15, 0.2) is 67.3 Å². The zero-order valence-electron chi connectivity index (χ0n) is 16.0. The molecule has 0 spiro atoms. The molecule has 0 aliphatic heterocycles. The number of carboxylic acid groups (broad SMARTS) is 1. The van der Waals surface area contributed by atoms with Crippen LogP contribution in [0.1, 0.15) is 16.1 Å². The lowest BCUT2D eigenvalue weighted by Crippen LogP contribution is -2.06. The molecule has 2 heterocycles. The third-order valence-corrected chi connectivity index (χ3v) is 4.35. The molecule has 0 bridgehead atoms. The Kier molecular flexibility index (Phi) is 5.33. The number of hydrogen-bond acceptors (Lipinski definition) is 7. The normalized spacial score (nSPS) is 10.6. The van der Waals surface area contributed by atoms with Crippen molar-refractivity contribution in [2.45, 2.75) is 6.54 Å². The number of methoxy groups -OCH3 is 1. The van der Waals surface area contributed by atoms with Gasteiger partial charge in [-0.2, -0.15) is 0 Å². The number of ether oxygens (including phenoxy) is 2. The van der Waals surface area contributed by atoms with Gasteiger partial charge in [-0.25, -0.2) is 19.4 Å². The van der Waals surface area contributed by atoms with Crippen molar-refractivity contribution in [3.63, 3.8) is 0 Å². The molecule has 150 valence electrons. The van der Waals surface area contributed by atoms with Gasteiger partial charge in [-0.05, 0) is 35.4 Å². The van der Waals surface area contributed by atoms with E-state index >= 15 is 0 Å². The van der Waals surface area contributed by atoms with E-state index in [0.717, 1.165) is 22.4 Å². The summed E-state index contributed by atoms with van der Waals surface area (Å²) in [4.78, 5) is 19.6. The Balaban J connectivity index is 1.59. The Bertz CT molecular complexity index is 1140. The van der Waals surface area contributed by atoms with Gasteiger partial charge in [0.2, 0.25) is 5.69 Å². The number of aromatic carboxylic acids is 1. The highest BCUT2D eigenvalue weighted by atomic mass is 16.5. The minimum atomic E-state index is -1.22. The molecular formula is C21H17N5O4. The van der Waals surface area contributed by atoms with Crippen LogP contribution in [0.3, 0.4) is 0 Å². The molecule has 0 aliphatic rings. The lowest BCUT2D eigenvalue weighted by atomic mass is 10.1. The van der Waals surface area contributed by atoms with Crippen molar-refractivity contribution in [3.8, 4) is 28.5 Å². The van der Waals surface area contributed by atoms with Crippen LogP contribution in [0.4, 0.5) is 0 Å². The van der Waals surface area contributed by atoms with Crippen LogP contribution in [-0.2, 0) is 6.54 Å². The van der Waals surface area contributed by atoms with Gasteiger partial charge in [0.1, 0.15) is 17.8 Å². The topological polar surface area (TPSA) is 112 Å². The first kappa shape index (κ1) is 19.1. The summed E-state index contributed by atoms with van der Waals surface area (Å²) < 4.78 is 12.4. The van der Waals surface area contributed by atoms with Crippen LogP contribution in [0.25, 0.3) is 11.1 Å². The average Bonchev–Trinajstić information content (AvgIpc) is 3.18. The van der Waals surface area contributed by atoms with Crippen molar-refractivity contribution in [3.05, 3.63) is 78.5 Å². The fraction of sp³-hybridized carbons (Fsp3) is 0.0952. The van der Waals surface area contributed by atoms with Crippen LogP contribution in [-0.4, -0.2) is 43.1 Å². The number of nitrogens with zero attached hydrogens (tertiary/aromatic N) is 5. The van der Waals surface area contributed by atoms with E-state index in [0.29, 0.717) is 12.3 Å². The molecule has 0 saturated carbocycles. The summed E-state index contributed by atoms with van der Waals surface area (Å²) in [6.07, 6.45) is 4.88. The Morgan fingerprint density at radius 2 is 1.63 bits per heavy atom. The van der Waals surface area contributed by atoms with Crippen LogP contribution >= 0.6 is 0 Å². The molecule has 30 heavy (non-hydrogen) atoms. The molecule has 4 aromatic rings. The zero-order valence-corrected chi connectivity index (χ0v) is 16.0. The second-order valence-electron chi connectivity index (χ2n) is 6.31. The molecule has 0 aliphatic carbocycles. The molecule has 0 saturated heterocycles. The third-order valence-electron chi connectivity index (χ3n) is 4.35. The maximum atomic E-state index is 11.6. The average molecular weight is 403 g/mol. The predicted octanol–water partition coefficient (Wildman–Crippen LogP) is 3.28. The van der Waals surface area contributed by atoms with Crippen molar-refractivity contribution in [1.82, 2.24) is 25.0 Å². The Morgan fingerprint density at radius 3 is 2.27 bits per heavy atom. The maximum absolute atomic E-state index is 11.6. The van der Waals surface area contributed by atoms with Gasteiger partial charge in [-0.3, -0.25) is 0 Å². The third kappa shape index (κ3) is 4.09. The van der Waals surface area contributed by atoms with Gasteiger partial charge < -0.3 is 14.6 Å². The lowest BCUT2D eigenvalue weighted by Gasteiger charge is -2.10. The van der Waals surface area contributed by atoms with Gasteiger partial charge in [0, 0.05) is 18.0 Å². The first-order valence-electron chi connectivity index (χ1n) is 8.97. The van der Waals surface area contributed by atoms with Gasteiger partial charge >= 0.3 is 5.97 Å². The van der Waals surface area contributed by atoms with Crippen molar-refractivity contribution >= 4 is 5.97 Å². The molecule has 0 radical (unpaired) electrons. The number of hydrogen-bond donors (Lipinski definition) is 1. The minimum absolute atomic E-state index is 0.0501. The quantitative estimate of drug-likeness (QED) is 0.500. The van der Waals surface area contributed by atoms with E-state index in [4.69, 9.17) is 9.47 Å². The summed E-state index contributed by atoms with van der Waals surface area (Å²) in [6.45, 7) is 0.291. The van der Waals surface area contributed by atoms with E-state index in [1.165, 1.54) is 11.0 Å². The standard InChI is InChI=1S/C21H17N5O4/c1-29-17-6-2-14(3-7-17)12-26-20(19(21(27)28)24-25-26)30-18-8-4-15(5-9-18)16-10-22-13-23-11-16/h2-11,13H,12H2,1H3,(H,27,28). The Morgan fingerprint density at radius 1 is 0.967 bits per heavy atom. The van der Waals surface area contributed by atoms with Crippen LogP contribution in [0, 0.1) is 0 Å². The summed E-state index contributed by atoms with van der Waals surface area (Å²) >= 11 is 0. The van der Waals surface area contributed by atoms with Gasteiger partial charge in [0.25, 0.3) is 5.88 Å². The van der Waals surface area contributed by atoms with Crippen molar-refractivity contribution < 1.29 is 19.4 Å². The highest BCUT2D eigenvalue weighted by molar-refractivity contribution is 5.87. The number of benzene rings is 2. The number of aromatic nitrogens is 5. The second kappa shape index (κ2) is 8.39. The molecule has 0 fully saturated rings. The molecule has 2 aromatic heterocycles. The highest BCUT2D eigenvalue weighted by Crippen LogP contribution is 2.27. The second-order valence-corrected chi connectivity index (χ2v) is 6.31. The fourth-order valence-corrected chi connectivity index (χ4v) is 2.82. The molecule has 4 rings (SSSR count). The smallest absolute Gasteiger partial charge is 0.362 e. The van der Waals surface area contributed by atoms with Crippen LogP contribution in [0.2, 0.25) is 0 Å². The van der Waals surface area contributed by atoms with Gasteiger partial charge in [0.15, 0.2) is 0 Å². The first-order valence-corrected chi connectivity index (χ1v) is 8.97. The molecule has 0 atom stereocenters. The van der Waals surface area contributed by atoms with Crippen LogP contribution < -0.4 is 9.47 Å². The summed E-state index contributed by atoms with van der Waals surface area (Å²) in [6, 6.07) is 14.5. The van der Waals surface area contributed by atoms with Gasteiger partial charge in [-0.1, -0.05) is 29.5 Å². The monoisotopic (exact) mass is 403 g/mol. The number of carbonyl (C=O) groups is 1. The Labute approximate surface area is 171 Å². The van der Waals surface area contributed by atoms with E-state index < -0.39 is 5.97 Å². The predicted molar refractivity (Wildman–Crippen MR) is 107 cm³/mol. The fourth-order valence-electron chi connectivity index (χ4n) is 2.82. The van der Waals surface area contributed by atoms with Gasteiger partial charge in [-0.15, -0.1) is 5.10 Å². The van der Waals surface area contributed by atoms with E-state index in [1.54, 1.807) is 31.6 Å². The summed E-state index contributed by atoms with van der Waals surface area (Å²) in [5, 5.41) is 17.2. The first-order chi connectivity index (χ1) is 14.6. The largest absolute Gasteiger partial charge is 0.497 e. The number of rotatable bonds is 7. The lowest BCUT2D eigenvalue weighted by molar-refractivity contribution is 0.0687. The summed E-state index contributed by atoms with van der Waals surface area (Å²) in [5.74, 6) is 0.0125. The molecule has 0 unspecified atom stereocenters. The van der Waals surface area contributed by atoms with E-state index in [9.17, 15) is 9.90 Å². The molecular weight excluding hydrogens is 386 g/mol. The molecule has 9 nitrogen and oxygen atoms in total. The summed E-state index contributed by atoms with van der Waals surface area (Å²) in [5.41, 5.74) is 2.40. The van der Waals surface area contributed by atoms with Crippen molar-refractivity contribution in [1.29, 1.82) is 0 Å². The number of carboxylic acids is 1. The van der Waals surface area contributed by atoms with Crippen molar-refractivity contribution in [2.24, 2.45) is 0 Å². The SMILES string of the molecule is COc1ccc(Cn2nnc(C(=O)O)c2Oc2ccc(-c3cncnc3)cc2)cc1. The van der Waals surface area contributed by atoms with E-state index in [1.807, 2.05) is 36.4 Å². The van der Waals surface area contributed by atoms with Crippen LogP contribution in [0.5, 0.6) is 17.4 Å². The molecule has 9 heteroatoms.